The van der Waals surface area contributed by atoms with Gasteiger partial charge in [0.25, 0.3) is 0 Å². The maximum atomic E-state index is 12.4. The Morgan fingerprint density at radius 3 is 2.18 bits per heavy atom. The first-order valence-corrected chi connectivity index (χ1v) is 9.49. The summed E-state index contributed by atoms with van der Waals surface area (Å²) in [5, 5.41) is 13.7. The lowest BCUT2D eigenvalue weighted by Gasteiger charge is -2.13. The normalized spacial score (nSPS) is 11.8. The number of carbonyl (C=O) groups is 3. The summed E-state index contributed by atoms with van der Waals surface area (Å²) in [4.78, 5) is 35.3. The van der Waals surface area contributed by atoms with Crippen LogP contribution in [0.15, 0.2) is 59.5 Å². The zero-order valence-corrected chi connectivity index (χ0v) is 16.7. The van der Waals surface area contributed by atoms with Crippen LogP contribution >= 0.6 is 11.8 Å². The van der Waals surface area contributed by atoms with Crippen LogP contribution in [0.3, 0.4) is 0 Å². The SMILES string of the molecule is Cc1ccc(NC(=O)C(C)Sc2ccc(NC(=O)/C=C/C(=O)O)cc2)cc1C. The van der Waals surface area contributed by atoms with Gasteiger partial charge < -0.3 is 15.7 Å². The van der Waals surface area contributed by atoms with Gasteiger partial charge in [-0.25, -0.2) is 4.79 Å². The number of carboxylic acids is 1. The minimum atomic E-state index is -1.19. The summed E-state index contributed by atoms with van der Waals surface area (Å²) in [5.74, 6) is -1.80. The summed E-state index contributed by atoms with van der Waals surface area (Å²) in [7, 11) is 0. The van der Waals surface area contributed by atoms with E-state index in [1.54, 1.807) is 24.3 Å². The van der Waals surface area contributed by atoms with Crippen molar-refractivity contribution in [3.63, 3.8) is 0 Å². The second-order valence-corrected chi connectivity index (χ2v) is 7.65. The molecule has 0 bridgehead atoms. The Morgan fingerprint density at radius 2 is 1.57 bits per heavy atom. The molecule has 6 nitrogen and oxygen atoms in total. The number of hydrogen-bond donors (Lipinski definition) is 3. The number of thioether (sulfide) groups is 1. The number of carboxylic acid groups (broad SMARTS) is 1. The van der Waals surface area contributed by atoms with Gasteiger partial charge in [0.1, 0.15) is 0 Å². The maximum Gasteiger partial charge on any atom is 0.328 e. The summed E-state index contributed by atoms with van der Waals surface area (Å²) in [6.07, 6.45) is 1.72. The van der Waals surface area contributed by atoms with Crippen LogP contribution in [0.5, 0.6) is 0 Å². The van der Waals surface area contributed by atoms with Crippen LogP contribution in [-0.4, -0.2) is 28.1 Å². The van der Waals surface area contributed by atoms with Crippen molar-refractivity contribution in [2.24, 2.45) is 0 Å². The molecular weight excluding hydrogens is 376 g/mol. The van der Waals surface area contributed by atoms with E-state index in [-0.39, 0.29) is 11.2 Å². The van der Waals surface area contributed by atoms with Crippen molar-refractivity contribution < 1.29 is 19.5 Å². The molecule has 28 heavy (non-hydrogen) atoms. The lowest BCUT2D eigenvalue weighted by Crippen LogP contribution is -2.22. The van der Waals surface area contributed by atoms with Crippen LogP contribution in [0.25, 0.3) is 0 Å². The van der Waals surface area contributed by atoms with Crippen LogP contribution in [0, 0.1) is 13.8 Å². The molecule has 2 aromatic carbocycles. The molecule has 0 spiro atoms. The molecule has 0 radical (unpaired) electrons. The fraction of sp³-hybridized carbons (Fsp3) is 0.190. The highest BCUT2D eigenvalue weighted by atomic mass is 32.2. The van der Waals surface area contributed by atoms with E-state index in [1.807, 2.05) is 39.0 Å². The van der Waals surface area contributed by atoms with Gasteiger partial charge in [0.15, 0.2) is 0 Å². The lowest BCUT2D eigenvalue weighted by atomic mass is 10.1. The van der Waals surface area contributed by atoms with Crippen LogP contribution in [-0.2, 0) is 14.4 Å². The molecule has 0 aliphatic carbocycles. The lowest BCUT2D eigenvalue weighted by molar-refractivity contribution is -0.131. The Kier molecular flexibility index (Phi) is 7.40. The Labute approximate surface area is 168 Å². The number of aliphatic carboxylic acids is 1. The van der Waals surface area contributed by atoms with Gasteiger partial charge in [-0.15, -0.1) is 11.8 Å². The van der Waals surface area contributed by atoms with E-state index in [0.717, 1.165) is 28.3 Å². The summed E-state index contributed by atoms with van der Waals surface area (Å²) in [6.45, 7) is 5.85. The molecule has 0 saturated heterocycles. The van der Waals surface area contributed by atoms with E-state index in [4.69, 9.17) is 5.11 Å². The van der Waals surface area contributed by atoms with Gasteiger partial charge in [-0.05, 0) is 68.3 Å². The molecule has 2 aromatic rings. The molecule has 0 aliphatic heterocycles. The third kappa shape index (κ3) is 6.59. The number of rotatable bonds is 7. The van der Waals surface area contributed by atoms with Crippen molar-refractivity contribution >= 4 is 40.9 Å². The van der Waals surface area contributed by atoms with Crippen molar-refractivity contribution in [3.8, 4) is 0 Å². The zero-order chi connectivity index (χ0) is 20.7. The van der Waals surface area contributed by atoms with E-state index in [0.29, 0.717) is 5.69 Å². The van der Waals surface area contributed by atoms with Gasteiger partial charge in [-0.2, -0.15) is 0 Å². The van der Waals surface area contributed by atoms with Crippen molar-refractivity contribution in [2.45, 2.75) is 30.9 Å². The predicted octanol–water partition coefficient (Wildman–Crippen LogP) is 4.00. The van der Waals surface area contributed by atoms with Crippen LogP contribution in [0.2, 0.25) is 0 Å². The van der Waals surface area contributed by atoms with E-state index >= 15 is 0 Å². The molecule has 2 amide bonds. The Balaban J connectivity index is 1.91. The molecule has 1 atom stereocenters. The van der Waals surface area contributed by atoms with Gasteiger partial charge in [0.05, 0.1) is 5.25 Å². The molecule has 146 valence electrons. The van der Waals surface area contributed by atoms with E-state index < -0.39 is 11.9 Å². The van der Waals surface area contributed by atoms with Crippen molar-refractivity contribution in [1.82, 2.24) is 0 Å². The average molecular weight is 398 g/mol. The highest BCUT2D eigenvalue weighted by molar-refractivity contribution is 8.00. The molecule has 0 aromatic heterocycles. The number of benzene rings is 2. The first-order valence-electron chi connectivity index (χ1n) is 8.61. The van der Waals surface area contributed by atoms with Gasteiger partial charge in [-0.1, -0.05) is 6.07 Å². The van der Waals surface area contributed by atoms with Crippen LogP contribution in [0.4, 0.5) is 11.4 Å². The quantitative estimate of drug-likeness (QED) is 0.484. The highest BCUT2D eigenvalue weighted by Crippen LogP contribution is 2.26. The van der Waals surface area contributed by atoms with Gasteiger partial charge in [0, 0.05) is 28.4 Å². The molecule has 2 rings (SSSR count). The van der Waals surface area contributed by atoms with Gasteiger partial charge >= 0.3 is 5.97 Å². The third-order valence-electron chi connectivity index (χ3n) is 3.96. The van der Waals surface area contributed by atoms with Gasteiger partial charge in [-0.3, -0.25) is 9.59 Å². The smallest absolute Gasteiger partial charge is 0.328 e. The molecular formula is C21H22N2O4S. The zero-order valence-electron chi connectivity index (χ0n) is 15.9. The topological polar surface area (TPSA) is 95.5 Å². The fourth-order valence-electron chi connectivity index (χ4n) is 2.27. The Bertz CT molecular complexity index is 907. The summed E-state index contributed by atoms with van der Waals surface area (Å²) >= 11 is 1.40. The Hall–Kier alpha value is -3.06. The minimum Gasteiger partial charge on any atom is -0.478 e. The summed E-state index contributed by atoms with van der Waals surface area (Å²) < 4.78 is 0. The molecule has 1 unspecified atom stereocenters. The van der Waals surface area contributed by atoms with Crippen molar-refractivity contribution in [1.29, 1.82) is 0 Å². The maximum absolute atomic E-state index is 12.4. The minimum absolute atomic E-state index is 0.0931. The number of nitrogens with one attached hydrogen (secondary N) is 2. The number of amides is 2. The largest absolute Gasteiger partial charge is 0.478 e. The molecule has 7 heteroatoms. The monoisotopic (exact) mass is 398 g/mol. The predicted molar refractivity (Wildman–Crippen MR) is 112 cm³/mol. The molecule has 0 fully saturated rings. The first-order chi connectivity index (χ1) is 13.2. The van der Waals surface area contributed by atoms with E-state index in [2.05, 4.69) is 10.6 Å². The molecule has 3 N–H and O–H groups in total. The van der Waals surface area contributed by atoms with E-state index in [1.165, 1.54) is 17.3 Å². The number of carbonyl (C=O) groups excluding carboxylic acids is 2. The van der Waals surface area contributed by atoms with Crippen LogP contribution in [0.1, 0.15) is 18.1 Å². The number of hydrogen-bond acceptors (Lipinski definition) is 4. The van der Waals surface area contributed by atoms with Crippen LogP contribution < -0.4 is 10.6 Å². The Morgan fingerprint density at radius 1 is 0.929 bits per heavy atom. The van der Waals surface area contributed by atoms with Gasteiger partial charge in [0.2, 0.25) is 11.8 Å². The molecule has 0 aliphatic rings. The van der Waals surface area contributed by atoms with Crippen molar-refractivity contribution in [3.05, 3.63) is 65.7 Å². The summed E-state index contributed by atoms with van der Waals surface area (Å²) in [6, 6.07) is 12.8. The van der Waals surface area contributed by atoms with Crippen molar-refractivity contribution in [2.75, 3.05) is 10.6 Å². The van der Waals surface area contributed by atoms with E-state index in [9.17, 15) is 14.4 Å². The average Bonchev–Trinajstić information content (AvgIpc) is 2.64. The second kappa shape index (κ2) is 9.75. The first kappa shape index (κ1) is 21.2. The summed E-state index contributed by atoms with van der Waals surface area (Å²) in [5.41, 5.74) is 3.60. The number of anilines is 2. The fourth-order valence-corrected chi connectivity index (χ4v) is 3.14. The third-order valence-corrected chi connectivity index (χ3v) is 5.07. The molecule has 0 saturated carbocycles. The highest BCUT2D eigenvalue weighted by Gasteiger charge is 2.15. The second-order valence-electron chi connectivity index (χ2n) is 6.23. The number of aryl methyl sites for hydroxylation is 2. The molecule has 0 heterocycles. The standard InChI is InChI=1S/C21H22N2O4S/c1-13-4-5-17(12-14(13)2)23-21(27)15(3)28-18-8-6-16(7-9-18)22-19(24)10-11-20(25)26/h4-12,15H,1-3H3,(H,22,24)(H,23,27)(H,25,26)/b11-10+.